The topological polar surface area (TPSA) is 108 Å². The highest BCUT2D eigenvalue weighted by atomic mass is 79.9. The Hall–Kier alpha value is -3.50. The molecule has 10 heteroatoms. The van der Waals surface area contributed by atoms with Crippen molar-refractivity contribution in [2.24, 2.45) is 12.8 Å². The lowest BCUT2D eigenvalue weighted by Crippen LogP contribution is -2.44. The summed E-state index contributed by atoms with van der Waals surface area (Å²) < 4.78 is 5.11. The Bertz CT molecular complexity index is 1600. The molecule has 4 aromatic rings. The molecule has 0 saturated carbocycles. The Balaban J connectivity index is 1.68. The van der Waals surface area contributed by atoms with Crippen LogP contribution in [0, 0.1) is 6.92 Å². The van der Waals surface area contributed by atoms with Gasteiger partial charge in [-0.3, -0.25) is 23.3 Å². The summed E-state index contributed by atoms with van der Waals surface area (Å²) in [6.45, 7) is 3.29. The minimum Gasteiger partial charge on any atom is -0.341 e. The molecule has 1 aliphatic rings. The number of hydrogen-bond acceptors (Lipinski definition) is 6. The van der Waals surface area contributed by atoms with Gasteiger partial charge in [-0.05, 0) is 31.4 Å². The summed E-state index contributed by atoms with van der Waals surface area (Å²) in [4.78, 5) is 47.0. The third-order valence-electron chi connectivity index (χ3n) is 6.91. The maximum absolute atomic E-state index is 13.9. The van der Waals surface area contributed by atoms with Crippen LogP contribution in [-0.4, -0.2) is 43.6 Å². The van der Waals surface area contributed by atoms with Crippen LogP contribution in [-0.2, 0) is 20.1 Å². The van der Waals surface area contributed by atoms with Gasteiger partial charge in [-0.15, -0.1) is 0 Å². The zero-order valence-corrected chi connectivity index (χ0v) is 22.4. The lowest BCUT2D eigenvalue weighted by molar-refractivity contribution is 0.0969. The Morgan fingerprint density at radius 1 is 1.11 bits per heavy atom. The lowest BCUT2D eigenvalue weighted by atomic mass is 10.1. The fourth-order valence-electron chi connectivity index (χ4n) is 4.85. The SMILES string of the molecule is Cc1ccc(C(=O)Cn2c(=O)c3c(nc(N4CCCC(N)C4)n3Cc3ccccc3Br)n(C)c2=O)cc1. The zero-order valence-electron chi connectivity index (χ0n) is 20.9. The molecule has 2 aromatic heterocycles. The summed E-state index contributed by atoms with van der Waals surface area (Å²) in [5.74, 6) is 0.285. The molecule has 3 heterocycles. The number of aryl methyl sites for hydroxylation is 2. The number of aromatic nitrogens is 4. The summed E-state index contributed by atoms with van der Waals surface area (Å²) in [5, 5.41) is 0. The largest absolute Gasteiger partial charge is 0.341 e. The average molecular weight is 565 g/mol. The number of Topliss-reactive ketones (excluding diaryl/α,β-unsaturated/α-hetero) is 1. The number of halogens is 1. The molecular formula is C27H29BrN6O3. The van der Waals surface area contributed by atoms with E-state index >= 15 is 0 Å². The van der Waals surface area contributed by atoms with Crippen molar-refractivity contribution in [2.75, 3.05) is 18.0 Å². The summed E-state index contributed by atoms with van der Waals surface area (Å²) in [5.41, 5.74) is 8.15. The molecule has 0 spiro atoms. The third kappa shape index (κ3) is 4.78. The number of carbonyl (C=O) groups excluding carboxylic acids is 1. The van der Waals surface area contributed by atoms with Crippen LogP contribution in [0.1, 0.15) is 34.3 Å². The van der Waals surface area contributed by atoms with Crippen LogP contribution < -0.4 is 21.9 Å². The molecule has 1 saturated heterocycles. The predicted octanol–water partition coefficient (Wildman–Crippen LogP) is 2.83. The minimum atomic E-state index is -0.578. The van der Waals surface area contributed by atoms with Gasteiger partial charge in [0.05, 0.1) is 13.1 Å². The molecule has 0 bridgehead atoms. The Morgan fingerprint density at radius 2 is 1.84 bits per heavy atom. The quantitative estimate of drug-likeness (QED) is 0.361. The van der Waals surface area contributed by atoms with E-state index in [2.05, 4.69) is 20.8 Å². The number of nitrogens with two attached hydrogens (primary N) is 1. The van der Waals surface area contributed by atoms with Gasteiger partial charge >= 0.3 is 5.69 Å². The van der Waals surface area contributed by atoms with Crippen LogP contribution in [0.3, 0.4) is 0 Å². The second-order valence-electron chi connectivity index (χ2n) is 9.63. The summed E-state index contributed by atoms with van der Waals surface area (Å²) >= 11 is 3.61. The van der Waals surface area contributed by atoms with Gasteiger partial charge in [0.25, 0.3) is 5.56 Å². The molecule has 5 rings (SSSR count). The first-order valence-corrected chi connectivity index (χ1v) is 13.1. The van der Waals surface area contributed by atoms with Crippen LogP contribution in [0.25, 0.3) is 11.2 Å². The summed E-state index contributed by atoms with van der Waals surface area (Å²) in [7, 11) is 1.58. The maximum Gasteiger partial charge on any atom is 0.332 e. The molecule has 37 heavy (non-hydrogen) atoms. The number of nitrogens with zero attached hydrogens (tertiary/aromatic N) is 5. The van der Waals surface area contributed by atoms with Crippen molar-refractivity contribution >= 4 is 38.8 Å². The van der Waals surface area contributed by atoms with Crippen molar-refractivity contribution in [3.63, 3.8) is 0 Å². The van der Waals surface area contributed by atoms with Crippen LogP contribution in [0.15, 0.2) is 62.6 Å². The minimum absolute atomic E-state index is 0.00178. The first kappa shape index (κ1) is 25.2. The van der Waals surface area contributed by atoms with Crippen LogP contribution in [0.2, 0.25) is 0 Å². The first-order chi connectivity index (χ1) is 17.7. The normalized spacial score (nSPS) is 15.9. The molecule has 192 valence electrons. The Kier molecular flexibility index (Phi) is 6.87. The van der Waals surface area contributed by atoms with E-state index in [1.54, 1.807) is 19.2 Å². The number of hydrogen-bond donors (Lipinski definition) is 1. The van der Waals surface area contributed by atoms with Crippen LogP contribution >= 0.6 is 15.9 Å². The number of imidazole rings is 1. The molecule has 1 atom stereocenters. The second-order valence-corrected chi connectivity index (χ2v) is 10.5. The van der Waals surface area contributed by atoms with Crippen molar-refractivity contribution in [1.29, 1.82) is 0 Å². The molecule has 1 aliphatic heterocycles. The Morgan fingerprint density at radius 3 is 2.54 bits per heavy atom. The van der Waals surface area contributed by atoms with Crippen molar-refractivity contribution in [3.05, 3.63) is 90.5 Å². The number of rotatable bonds is 6. The molecule has 0 aliphatic carbocycles. The standard InChI is InChI=1S/C27H29BrN6O3/c1-17-9-11-18(12-10-17)22(35)16-34-25(36)23-24(31(2)27(34)37)30-26(32-13-5-7-20(29)15-32)33(23)14-19-6-3-4-8-21(19)28/h3-4,6,8-12,20H,5,7,13-16,29H2,1-2H3. The van der Waals surface area contributed by atoms with E-state index < -0.39 is 11.2 Å². The molecule has 0 amide bonds. The second kappa shape index (κ2) is 10.1. The fraction of sp³-hybridized carbons (Fsp3) is 0.333. The molecule has 2 N–H and O–H groups in total. The van der Waals surface area contributed by atoms with Gasteiger partial charge in [-0.1, -0.05) is 64.0 Å². The highest BCUT2D eigenvalue weighted by molar-refractivity contribution is 9.10. The maximum atomic E-state index is 13.9. The van der Waals surface area contributed by atoms with E-state index in [9.17, 15) is 14.4 Å². The summed E-state index contributed by atoms with van der Waals surface area (Å²) in [6, 6.07) is 14.9. The van der Waals surface area contributed by atoms with Gasteiger partial charge in [0, 0.05) is 36.2 Å². The molecule has 9 nitrogen and oxygen atoms in total. The number of fused-ring (bicyclic) bond motifs is 1. The molecule has 2 aromatic carbocycles. The molecule has 1 fully saturated rings. The number of benzene rings is 2. The van der Waals surface area contributed by atoms with E-state index in [-0.39, 0.29) is 29.5 Å². The average Bonchev–Trinajstić information content (AvgIpc) is 3.26. The highest BCUT2D eigenvalue weighted by Crippen LogP contribution is 2.26. The van der Waals surface area contributed by atoms with E-state index in [1.807, 2.05) is 47.9 Å². The van der Waals surface area contributed by atoms with Gasteiger partial charge in [0.15, 0.2) is 16.9 Å². The van der Waals surface area contributed by atoms with Crippen molar-refractivity contribution < 1.29 is 4.79 Å². The summed E-state index contributed by atoms with van der Waals surface area (Å²) in [6.07, 6.45) is 1.83. The third-order valence-corrected chi connectivity index (χ3v) is 7.69. The van der Waals surface area contributed by atoms with Crippen molar-refractivity contribution in [3.8, 4) is 0 Å². The van der Waals surface area contributed by atoms with Gasteiger partial charge in [0.1, 0.15) is 0 Å². The van der Waals surface area contributed by atoms with Gasteiger partial charge < -0.3 is 10.6 Å². The van der Waals surface area contributed by atoms with E-state index in [0.717, 1.165) is 39.6 Å². The van der Waals surface area contributed by atoms with E-state index in [1.165, 1.54) is 4.57 Å². The van der Waals surface area contributed by atoms with Crippen molar-refractivity contribution in [2.45, 2.75) is 38.9 Å². The number of anilines is 1. The highest BCUT2D eigenvalue weighted by Gasteiger charge is 2.27. The lowest BCUT2D eigenvalue weighted by Gasteiger charge is -2.32. The van der Waals surface area contributed by atoms with E-state index in [4.69, 9.17) is 10.7 Å². The van der Waals surface area contributed by atoms with Gasteiger partial charge in [0.2, 0.25) is 5.95 Å². The first-order valence-electron chi connectivity index (χ1n) is 12.3. The smallest absolute Gasteiger partial charge is 0.332 e. The Labute approximate surface area is 222 Å². The molecule has 1 unspecified atom stereocenters. The zero-order chi connectivity index (χ0) is 26.3. The van der Waals surface area contributed by atoms with E-state index in [0.29, 0.717) is 24.6 Å². The molecular weight excluding hydrogens is 536 g/mol. The fourth-order valence-corrected chi connectivity index (χ4v) is 5.26. The predicted molar refractivity (Wildman–Crippen MR) is 147 cm³/mol. The molecule has 0 radical (unpaired) electrons. The van der Waals surface area contributed by atoms with Gasteiger partial charge in [-0.2, -0.15) is 4.98 Å². The number of piperidine rings is 1. The van der Waals surface area contributed by atoms with Crippen LogP contribution in [0.5, 0.6) is 0 Å². The number of ketones is 1. The van der Waals surface area contributed by atoms with Crippen LogP contribution in [0.4, 0.5) is 5.95 Å². The van der Waals surface area contributed by atoms with Crippen molar-refractivity contribution in [1.82, 2.24) is 18.7 Å². The monoisotopic (exact) mass is 564 g/mol. The van der Waals surface area contributed by atoms with Gasteiger partial charge in [-0.25, -0.2) is 4.79 Å². The number of carbonyl (C=O) groups is 1.